The third-order valence-corrected chi connectivity index (χ3v) is 7.12. The summed E-state index contributed by atoms with van der Waals surface area (Å²) in [6, 6.07) is 12.9. The van der Waals surface area contributed by atoms with Crippen molar-refractivity contribution in [2.75, 3.05) is 0 Å². The zero-order valence-corrected chi connectivity index (χ0v) is 18.1. The van der Waals surface area contributed by atoms with Gasteiger partial charge in [0.1, 0.15) is 6.67 Å². The predicted octanol–water partition coefficient (Wildman–Crippen LogP) is 5.76. The van der Waals surface area contributed by atoms with Crippen LogP contribution in [0, 0.1) is 13.8 Å². The van der Waals surface area contributed by atoms with Crippen LogP contribution in [-0.2, 0) is 19.5 Å². The molecular formula is C27H26N2O2. The van der Waals surface area contributed by atoms with E-state index < -0.39 is 0 Å². The summed E-state index contributed by atoms with van der Waals surface area (Å²) >= 11 is 0. The number of carbonyl (C=O) groups is 2. The van der Waals surface area contributed by atoms with Crippen molar-refractivity contribution >= 4 is 33.4 Å². The number of rotatable bonds is 2. The van der Waals surface area contributed by atoms with E-state index in [1.54, 1.807) is 0 Å². The van der Waals surface area contributed by atoms with Crippen molar-refractivity contribution in [3.05, 3.63) is 70.0 Å². The average Bonchev–Trinajstić information content (AvgIpc) is 3.23. The summed E-state index contributed by atoms with van der Waals surface area (Å²) in [7, 11) is 0. The van der Waals surface area contributed by atoms with Crippen LogP contribution in [0.5, 0.6) is 0 Å². The first-order valence-electron chi connectivity index (χ1n) is 11.3. The number of ketones is 2. The molecule has 2 heterocycles. The van der Waals surface area contributed by atoms with Gasteiger partial charge in [0.05, 0.1) is 22.4 Å². The monoisotopic (exact) mass is 410 g/mol. The Morgan fingerprint density at radius 3 is 1.58 bits per heavy atom. The number of aromatic nitrogens is 2. The second-order valence-electron chi connectivity index (χ2n) is 9.25. The number of fused-ring (bicyclic) bond motifs is 6. The van der Waals surface area contributed by atoms with Gasteiger partial charge >= 0.3 is 0 Å². The first kappa shape index (κ1) is 18.6. The molecule has 6 rings (SSSR count). The van der Waals surface area contributed by atoms with Gasteiger partial charge in [0.2, 0.25) is 0 Å². The van der Waals surface area contributed by atoms with Gasteiger partial charge in [0.15, 0.2) is 11.6 Å². The van der Waals surface area contributed by atoms with E-state index in [2.05, 4.69) is 59.4 Å². The maximum atomic E-state index is 13.1. The minimum Gasteiger partial charge on any atom is -0.319 e. The van der Waals surface area contributed by atoms with Crippen molar-refractivity contribution in [2.24, 2.45) is 0 Å². The van der Waals surface area contributed by atoms with Gasteiger partial charge in [-0.15, -0.1) is 0 Å². The number of Topliss-reactive ketones (excluding diaryl/α,β-unsaturated/α-hetero) is 2. The van der Waals surface area contributed by atoms with Gasteiger partial charge in [0, 0.05) is 23.6 Å². The second-order valence-corrected chi connectivity index (χ2v) is 9.25. The molecule has 0 aliphatic heterocycles. The summed E-state index contributed by atoms with van der Waals surface area (Å²) in [4.78, 5) is 26.1. The van der Waals surface area contributed by atoms with Crippen LogP contribution < -0.4 is 0 Å². The molecule has 0 saturated heterocycles. The molecule has 4 nitrogen and oxygen atoms in total. The second kappa shape index (κ2) is 6.68. The number of hydrogen-bond acceptors (Lipinski definition) is 2. The van der Waals surface area contributed by atoms with Crippen molar-refractivity contribution in [3.8, 4) is 0 Å². The molecule has 0 N–H and O–H groups in total. The smallest absolute Gasteiger partial charge is 0.179 e. The van der Waals surface area contributed by atoms with E-state index in [-0.39, 0.29) is 11.6 Å². The van der Waals surface area contributed by atoms with Crippen LogP contribution in [0.2, 0.25) is 0 Å². The first-order valence-corrected chi connectivity index (χ1v) is 11.3. The molecule has 4 aromatic rings. The van der Waals surface area contributed by atoms with Crippen molar-refractivity contribution in [1.29, 1.82) is 0 Å². The summed E-state index contributed by atoms with van der Waals surface area (Å²) in [6.07, 6.45) is 4.92. The SMILES string of the molecule is Cc1ccc2c(c1)c1c(n2Cn2c3c(c4cc(C)ccc42)CCCC3=O)C(=O)CCC1. The molecule has 0 spiro atoms. The normalized spacial score (nSPS) is 16.2. The molecule has 0 atom stereocenters. The number of aryl methyl sites for hydroxylation is 4. The lowest BCUT2D eigenvalue weighted by Gasteiger charge is -2.19. The van der Waals surface area contributed by atoms with Crippen molar-refractivity contribution < 1.29 is 9.59 Å². The van der Waals surface area contributed by atoms with E-state index in [1.165, 1.54) is 33.0 Å². The molecule has 2 aromatic heterocycles. The lowest BCUT2D eigenvalue weighted by molar-refractivity contribution is 0.0960. The van der Waals surface area contributed by atoms with E-state index in [0.29, 0.717) is 19.5 Å². The third kappa shape index (κ3) is 2.67. The zero-order valence-electron chi connectivity index (χ0n) is 18.1. The Kier molecular flexibility index (Phi) is 4.01. The highest BCUT2D eigenvalue weighted by molar-refractivity contribution is 6.05. The van der Waals surface area contributed by atoms with Gasteiger partial charge < -0.3 is 9.13 Å². The van der Waals surface area contributed by atoms with Gasteiger partial charge in [-0.1, -0.05) is 23.3 Å². The van der Waals surface area contributed by atoms with Gasteiger partial charge in [0.25, 0.3) is 0 Å². The fourth-order valence-corrected chi connectivity index (χ4v) is 5.74. The lowest BCUT2D eigenvalue weighted by atomic mass is 9.94. The fourth-order valence-electron chi connectivity index (χ4n) is 5.74. The molecule has 2 aliphatic carbocycles. The highest BCUT2D eigenvalue weighted by Gasteiger charge is 2.29. The predicted molar refractivity (Wildman–Crippen MR) is 123 cm³/mol. The maximum Gasteiger partial charge on any atom is 0.179 e. The van der Waals surface area contributed by atoms with Crippen molar-refractivity contribution in [2.45, 2.75) is 59.0 Å². The quantitative estimate of drug-likeness (QED) is 0.422. The highest BCUT2D eigenvalue weighted by atomic mass is 16.1. The van der Waals surface area contributed by atoms with Crippen LogP contribution in [0.15, 0.2) is 36.4 Å². The first-order chi connectivity index (χ1) is 15.0. The van der Waals surface area contributed by atoms with Crippen LogP contribution >= 0.6 is 0 Å². The summed E-state index contributed by atoms with van der Waals surface area (Å²) in [5, 5.41) is 2.38. The number of benzene rings is 2. The molecule has 2 aliphatic rings. The Balaban J connectivity index is 1.64. The Bertz CT molecular complexity index is 1310. The van der Waals surface area contributed by atoms with Crippen LogP contribution in [0.3, 0.4) is 0 Å². The minimum atomic E-state index is 0.225. The number of nitrogens with zero attached hydrogens (tertiary/aromatic N) is 2. The Morgan fingerprint density at radius 1 is 0.677 bits per heavy atom. The summed E-state index contributed by atoms with van der Waals surface area (Å²) in [6.45, 7) is 4.70. The zero-order chi connectivity index (χ0) is 21.3. The molecule has 2 aromatic carbocycles. The molecule has 0 radical (unpaired) electrons. The van der Waals surface area contributed by atoms with Crippen molar-refractivity contribution in [1.82, 2.24) is 9.13 Å². The molecule has 0 amide bonds. The molecule has 0 bridgehead atoms. The van der Waals surface area contributed by atoms with E-state index in [1.807, 2.05) is 0 Å². The van der Waals surface area contributed by atoms with Gasteiger partial charge in [-0.05, 0) is 74.9 Å². The van der Waals surface area contributed by atoms with Gasteiger partial charge in [-0.2, -0.15) is 0 Å². The molecule has 31 heavy (non-hydrogen) atoms. The maximum absolute atomic E-state index is 13.1. The fraction of sp³-hybridized carbons (Fsp3) is 0.333. The van der Waals surface area contributed by atoms with E-state index in [9.17, 15) is 9.59 Å². The molecule has 0 fully saturated rings. The average molecular weight is 411 g/mol. The Hall–Kier alpha value is -3.14. The van der Waals surface area contributed by atoms with E-state index >= 15 is 0 Å². The number of carbonyl (C=O) groups excluding carboxylic acids is 2. The Labute approximate surface area is 181 Å². The standard InChI is InChI=1S/C27H26N2O2/c1-16-9-11-22-20(13-16)18-5-3-7-24(30)26(18)28(22)15-29-23-12-10-17(2)14-21(23)19-6-4-8-25(31)27(19)29/h9-14H,3-8,15H2,1-2H3. The van der Waals surface area contributed by atoms with E-state index in [4.69, 9.17) is 0 Å². The van der Waals surface area contributed by atoms with Crippen LogP contribution in [0.4, 0.5) is 0 Å². The molecule has 4 heteroatoms. The molecular weight excluding hydrogens is 384 g/mol. The van der Waals surface area contributed by atoms with Crippen LogP contribution in [0.25, 0.3) is 21.8 Å². The topological polar surface area (TPSA) is 44.0 Å². The lowest BCUT2D eigenvalue weighted by Crippen LogP contribution is -2.22. The largest absolute Gasteiger partial charge is 0.319 e. The van der Waals surface area contributed by atoms with Gasteiger partial charge in [-0.25, -0.2) is 0 Å². The highest BCUT2D eigenvalue weighted by Crippen LogP contribution is 2.36. The third-order valence-electron chi connectivity index (χ3n) is 7.12. The molecule has 0 unspecified atom stereocenters. The Morgan fingerprint density at radius 2 is 1.13 bits per heavy atom. The van der Waals surface area contributed by atoms with E-state index in [0.717, 1.165) is 48.1 Å². The van der Waals surface area contributed by atoms with Crippen LogP contribution in [-0.4, -0.2) is 20.7 Å². The van der Waals surface area contributed by atoms with Crippen molar-refractivity contribution in [3.63, 3.8) is 0 Å². The molecule has 156 valence electrons. The summed E-state index contributed by atoms with van der Waals surface area (Å²) in [5.41, 5.74) is 8.66. The number of hydrogen-bond donors (Lipinski definition) is 0. The van der Waals surface area contributed by atoms with Crippen LogP contribution in [0.1, 0.15) is 68.9 Å². The minimum absolute atomic E-state index is 0.225. The molecule has 0 saturated carbocycles. The summed E-state index contributed by atoms with van der Waals surface area (Å²) < 4.78 is 4.35. The summed E-state index contributed by atoms with van der Waals surface area (Å²) in [5.74, 6) is 0.449. The van der Waals surface area contributed by atoms with Gasteiger partial charge in [-0.3, -0.25) is 9.59 Å².